The lowest BCUT2D eigenvalue weighted by Crippen LogP contribution is -2.66. The van der Waals surface area contributed by atoms with Crippen molar-refractivity contribution in [2.45, 2.75) is 65.5 Å². The summed E-state index contributed by atoms with van der Waals surface area (Å²) in [5, 5.41) is 10.8. The van der Waals surface area contributed by atoms with E-state index >= 15 is 13.6 Å². The Labute approximate surface area is 276 Å². The number of benzene rings is 1. The zero-order valence-electron chi connectivity index (χ0n) is 27.9. The number of halogens is 2. The van der Waals surface area contributed by atoms with Gasteiger partial charge < -0.3 is 19.8 Å². The predicted molar refractivity (Wildman–Crippen MR) is 179 cm³/mol. The minimum atomic E-state index is -0.951. The number of carbonyl (C=O) groups excluding carboxylic acids is 2. The van der Waals surface area contributed by atoms with Crippen molar-refractivity contribution in [3.8, 4) is 22.7 Å². The third kappa shape index (κ3) is 4.90. The number of phenols is 1. The average molecular weight is 658 g/mol. The van der Waals surface area contributed by atoms with Crippen molar-refractivity contribution in [1.29, 1.82) is 0 Å². The second-order valence-electron chi connectivity index (χ2n) is 13.0. The first-order valence-corrected chi connectivity index (χ1v) is 15.8. The molecule has 0 spiro atoms. The summed E-state index contributed by atoms with van der Waals surface area (Å²) >= 11 is 0. The zero-order valence-corrected chi connectivity index (χ0v) is 27.9. The monoisotopic (exact) mass is 657 g/mol. The fourth-order valence-corrected chi connectivity index (χ4v) is 6.81. The van der Waals surface area contributed by atoms with Gasteiger partial charge in [0.1, 0.15) is 34.8 Å². The third-order valence-corrected chi connectivity index (χ3v) is 9.08. The molecule has 250 valence electrons. The van der Waals surface area contributed by atoms with Gasteiger partial charge in [-0.25, -0.2) is 23.7 Å². The van der Waals surface area contributed by atoms with Crippen LogP contribution in [0.2, 0.25) is 0 Å². The molecule has 1 aromatic carbocycles. The molecule has 4 aromatic rings. The summed E-state index contributed by atoms with van der Waals surface area (Å²) in [6.45, 7) is 15.0. The van der Waals surface area contributed by atoms with Gasteiger partial charge >= 0.3 is 0 Å². The number of hydrogen-bond acceptors (Lipinski definition) is 8. The Morgan fingerprint density at radius 3 is 2.23 bits per heavy atom. The molecule has 2 amide bonds. The number of carbonyl (C=O) groups is 2. The number of hydrogen-bond donors (Lipinski definition) is 1. The van der Waals surface area contributed by atoms with Crippen LogP contribution in [-0.2, 0) is 9.59 Å². The summed E-state index contributed by atoms with van der Waals surface area (Å²) in [5.41, 5.74) is 0.0247. The minimum Gasteiger partial charge on any atom is -0.507 e. The van der Waals surface area contributed by atoms with Gasteiger partial charge in [-0.2, -0.15) is 0 Å². The van der Waals surface area contributed by atoms with Gasteiger partial charge in [0.15, 0.2) is 11.5 Å². The number of piperazine rings is 1. The van der Waals surface area contributed by atoms with Crippen LogP contribution >= 0.6 is 0 Å². The van der Waals surface area contributed by atoms with Gasteiger partial charge in [0.25, 0.3) is 11.5 Å². The lowest BCUT2D eigenvalue weighted by Gasteiger charge is -2.49. The molecule has 2 atom stereocenters. The molecule has 48 heavy (non-hydrogen) atoms. The fourth-order valence-electron chi connectivity index (χ4n) is 6.81. The van der Waals surface area contributed by atoms with Crippen LogP contribution in [0.25, 0.3) is 28.0 Å². The van der Waals surface area contributed by atoms with E-state index in [1.54, 1.807) is 16.7 Å². The van der Waals surface area contributed by atoms with Crippen molar-refractivity contribution in [2.24, 2.45) is 0 Å². The number of fused-ring (bicyclic) bond motifs is 5. The molecular formula is C35H37F2N7O4. The Hall–Kier alpha value is -5.20. The smallest absolute Gasteiger partial charge is 0.283 e. The number of pyridine rings is 2. The van der Waals surface area contributed by atoms with Crippen molar-refractivity contribution in [1.82, 2.24) is 24.4 Å². The molecule has 11 nitrogen and oxygen atoms in total. The highest BCUT2D eigenvalue weighted by atomic mass is 19.1. The average Bonchev–Trinajstić information content (AvgIpc) is 3.03. The summed E-state index contributed by atoms with van der Waals surface area (Å²) in [6, 6.07) is 3.47. The molecule has 1 N–H and O–H groups in total. The highest BCUT2D eigenvalue weighted by Gasteiger charge is 2.46. The van der Waals surface area contributed by atoms with Gasteiger partial charge in [-0.15, -0.1) is 0 Å². The molecule has 0 radical (unpaired) electrons. The number of aryl methyl sites for hydroxylation is 1. The van der Waals surface area contributed by atoms with E-state index in [9.17, 15) is 14.7 Å². The Bertz CT molecular complexity index is 2040. The molecule has 0 unspecified atom stereocenters. The van der Waals surface area contributed by atoms with Crippen LogP contribution in [0.3, 0.4) is 0 Å². The normalized spacial score (nSPS) is 17.7. The summed E-state index contributed by atoms with van der Waals surface area (Å²) < 4.78 is 32.8. The summed E-state index contributed by atoms with van der Waals surface area (Å²) in [4.78, 5) is 60.3. The number of nitrogens with zero attached hydrogens (tertiary/aromatic N) is 7. The summed E-state index contributed by atoms with van der Waals surface area (Å²) in [6.07, 6.45) is 1.19. The van der Waals surface area contributed by atoms with Crippen LogP contribution in [0.5, 0.6) is 5.75 Å². The van der Waals surface area contributed by atoms with E-state index in [4.69, 9.17) is 9.97 Å². The Morgan fingerprint density at radius 2 is 1.65 bits per heavy atom. The van der Waals surface area contributed by atoms with Gasteiger partial charge in [-0.3, -0.25) is 19.0 Å². The van der Waals surface area contributed by atoms with E-state index in [0.717, 1.165) is 12.1 Å². The van der Waals surface area contributed by atoms with Crippen molar-refractivity contribution in [2.75, 3.05) is 29.9 Å². The Morgan fingerprint density at radius 1 is 1.00 bits per heavy atom. The fraction of sp³-hybridized carbons (Fsp3) is 0.371. The van der Waals surface area contributed by atoms with Crippen LogP contribution in [0.4, 0.5) is 20.2 Å². The molecule has 1 saturated heterocycles. The number of phenolic OH excluding ortho intramolecular Hbond substituents is 1. The van der Waals surface area contributed by atoms with Crippen LogP contribution in [0, 0.1) is 18.6 Å². The standard InChI is InChI=1S/C35H37F2N7O4/c1-9-25(46)42-15-23-34(47)41(8)32-30(43(23)14-18(42)6)20-13-22(37)29(26-21(36)11-10-12-24(26)45)40-33(20)44(35(32)48)31-27(16(2)3)38-19(7)39-28(31)17(4)5/h9-13,16-18,23,45H,1,14-15H2,2-8H3/t18-,23-/m1/s1. The van der Waals surface area contributed by atoms with E-state index in [1.807, 2.05) is 34.6 Å². The maximum Gasteiger partial charge on any atom is 0.283 e. The third-order valence-electron chi connectivity index (χ3n) is 9.08. The van der Waals surface area contributed by atoms with Crippen LogP contribution in [-0.4, -0.2) is 73.6 Å². The van der Waals surface area contributed by atoms with Crippen LogP contribution in [0.15, 0.2) is 41.7 Å². The Balaban J connectivity index is 1.79. The van der Waals surface area contributed by atoms with Gasteiger partial charge in [0, 0.05) is 25.0 Å². The SMILES string of the molecule is C=CC(=O)N1C[C@@H]2C(=O)N(C)c3c(c4cc(F)c(-c5c(O)cccc5F)nc4n(-c4c(C(C)C)nc(C)nc4C(C)C)c3=O)N2C[C@H]1C. The zero-order chi connectivity index (χ0) is 34.9. The van der Waals surface area contributed by atoms with Crippen molar-refractivity contribution in [3.05, 3.63) is 76.1 Å². The van der Waals surface area contributed by atoms with Gasteiger partial charge in [0.05, 0.1) is 34.9 Å². The van der Waals surface area contributed by atoms with E-state index < -0.39 is 52.2 Å². The Kier molecular flexibility index (Phi) is 8.04. The molecule has 5 heterocycles. The largest absolute Gasteiger partial charge is 0.507 e. The van der Waals surface area contributed by atoms with Gasteiger partial charge in [-0.05, 0) is 50.0 Å². The quantitative estimate of drug-likeness (QED) is 0.299. The number of rotatable bonds is 5. The lowest BCUT2D eigenvalue weighted by atomic mass is 9.97. The molecule has 3 aromatic heterocycles. The second-order valence-corrected chi connectivity index (χ2v) is 13.0. The number of amides is 2. The molecular weight excluding hydrogens is 620 g/mol. The molecule has 0 saturated carbocycles. The van der Waals surface area contributed by atoms with E-state index in [-0.39, 0.29) is 53.2 Å². The maximum atomic E-state index is 16.3. The molecule has 2 aliphatic rings. The van der Waals surface area contributed by atoms with Crippen LogP contribution in [0.1, 0.15) is 63.7 Å². The first-order chi connectivity index (χ1) is 22.7. The molecule has 0 bridgehead atoms. The molecule has 0 aliphatic carbocycles. The maximum absolute atomic E-state index is 16.3. The van der Waals surface area contributed by atoms with Crippen molar-refractivity contribution >= 4 is 34.2 Å². The van der Waals surface area contributed by atoms with Crippen molar-refractivity contribution in [3.63, 3.8) is 0 Å². The topological polar surface area (TPSA) is 125 Å². The highest BCUT2D eigenvalue weighted by molar-refractivity contribution is 6.12. The molecule has 13 heteroatoms. The van der Waals surface area contributed by atoms with Gasteiger partial charge in [-0.1, -0.05) is 40.3 Å². The number of likely N-dealkylation sites (N-methyl/N-ethyl adjacent to an activating group) is 1. The van der Waals surface area contributed by atoms with E-state index in [2.05, 4.69) is 11.6 Å². The number of aromatic nitrogens is 4. The highest BCUT2D eigenvalue weighted by Crippen LogP contribution is 2.44. The lowest BCUT2D eigenvalue weighted by molar-refractivity contribution is -0.130. The van der Waals surface area contributed by atoms with E-state index in [0.29, 0.717) is 22.9 Å². The second kappa shape index (κ2) is 11.8. The van der Waals surface area contributed by atoms with Crippen molar-refractivity contribution < 1.29 is 23.5 Å². The van der Waals surface area contributed by atoms with Gasteiger partial charge in [0.2, 0.25) is 5.91 Å². The molecule has 6 rings (SSSR count). The molecule has 1 fully saturated rings. The predicted octanol–water partition coefficient (Wildman–Crippen LogP) is 4.95. The minimum absolute atomic E-state index is 0.00729. The number of anilines is 2. The summed E-state index contributed by atoms with van der Waals surface area (Å²) in [5.74, 6) is -3.05. The number of aromatic hydroxyl groups is 1. The van der Waals surface area contributed by atoms with Crippen LogP contribution < -0.4 is 15.4 Å². The first kappa shape index (κ1) is 32.7. The first-order valence-electron chi connectivity index (χ1n) is 15.8. The molecule has 2 aliphatic heterocycles. The van der Waals surface area contributed by atoms with E-state index in [1.165, 1.54) is 34.7 Å². The summed E-state index contributed by atoms with van der Waals surface area (Å²) in [7, 11) is 1.47.